The highest BCUT2D eigenvalue weighted by atomic mass is 16.5. The number of hydrogen-bond donors (Lipinski definition) is 1. The Morgan fingerprint density at radius 3 is 1.39 bits per heavy atom. The number of carbonyl (C=O) groups is 2. The predicted molar refractivity (Wildman–Crippen MR) is 83.5 cm³/mol. The highest BCUT2D eigenvalue weighted by molar-refractivity contribution is 5.91. The molecular formula is C17H25NO5. The van der Waals surface area contributed by atoms with E-state index in [0.717, 1.165) is 57.4 Å². The van der Waals surface area contributed by atoms with Gasteiger partial charge in [-0.15, -0.1) is 0 Å². The summed E-state index contributed by atoms with van der Waals surface area (Å²) in [7, 11) is 0. The molecule has 2 fully saturated rings. The molecule has 0 amide bonds. The van der Waals surface area contributed by atoms with Crippen LogP contribution in [0.15, 0.2) is 12.2 Å². The number of nitrogens with one attached hydrogen (secondary N) is 1. The third-order valence-corrected chi connectivity index (χ3v) is 4.03. The Morgan fingerprint density at radius 1 is 0.783 bits per heavy atom. The lowest BCUT2D eigenvalue weighted by molar-refractivity contribution is -0.147. The summed E-state index contributed by atoms with van der Waals surface area (Å²) in [5, 5.41) is 5.40. The van der Waals surface area contributed by atoms with E-state index in [0.29, 0.717) is 0 Å². The standard InChI is InChI=1S/C16H24O4.CHNO/c17-15(19-13-7-3-1-4-8-13)11-12-16(18)20-14-9-5-2-6-10-14;2-1-3/h11-14H,1-10H2;2H/b12-11-;. The Balaban J connectivity index is 0.000000816. The van der Waals surface area contributed by atoms with Crippen LogP contribution in [-0.4, -0.2) is 30.2 Å². The van der Waals surface area contributed by atoms with Gasteiger partial charge in [0.05, 0.1) is 0 Å². The molecule has 0 atom stereocenters. The Bertz CT molecular complexity index is 394. The molecule has 23 heavy (non-hydrogen) atoms. The van der Waals surface area contributed by atoms with Crippen LogP contribution >= 0.6 is 0 Å². The van der Waals surface area contributed by atoms with E-state index in [1.54, 1.807) is 0 Å². The van der Waals surface area contributed by atoms with E-state index < -0.39 is 11.9 Å². The molecule has 0 spiro atoms. The van der Waals surface area contributed by atoms with Crippen molar-refractivity contribution in [2.24, 2.45) is 0 Å². The molecule has 0 aromatic carbocycles. The molecule has 2 rings (SSSR count). The summed E-state index contributed by atoms with van der Waals surface area (Å²) in [6.07, 6.45) is 13.8. The molecule has 0 saturated heterocycles. The molecular weight excluding hydrogens is 298 g/mol. The maximum absolute atomic E-state index is 11.6. The first kappa shape index (κ1) is 19.1. The van der Waals surface area contributed by atoms with Gasteiger partial charge in [-0.05, 0) is 51.4 Å². The first-order valence-corrected chi connectivity index (χ1v) is 8.29. The number of esters is 2. The molecule has 6 heteroatoms. The zero-order valence-corrected chi connectivity index (χ0v) is 13.4. The average Bonchev–Trinajstić information content (AvgIpc) is 2.56. The third-order valence-electron chi connectivity index (χ3n) is 4.03. The van der Waals surface area contributed by atoms with Crippen molar-refractivity contribution < 1.29 is 23.9 Å². The van der Waals surface area contributed by atoms with E-state index in [9.17, 15) is 9.59 Å². The highest BCUT2D eigenvalue weighted by Gasteiger charge is 2.18. The number of rotatable bonds is 4. The van der Waals surface area contributed by atoms with Crippen molar-refractivity contribution in [2.75, 3.05) is 0 Å². The van der Waals surface area contributed by atoms with Crippen LogP contribution < -0.4 is 0 Å². The zero-order valence-electron chi connectivity index (χ0n) is 13.4. The summed E-state index contributed by atoms with van der Waals surface area (Å²) >= 11 is 0. The molecule has 0 bridgehead atoms. The van der Waals surface area contributed by atoms with Crippen molar-refractivity contribution in [3.8, 4) is 0 Å². The average molecular weight is 323 g/mol. The van der Waals surface area contributed by atoms with Gasteiger partial charge < -0.3 is 9.47 Å². The minimum Gasteiger partial charge on any atom is -0.459 e. The van der Waals surface area contributed by atoms with Gasteiger partial charge in [-0.1, -0.05) is 12.8 Å². The molecule has 0 unspecified atom stereocenters. The Hall–Kier alpha value is -1.94. The zero-order chi connectivity index (χ0) is 16.9. The van der Waals surface area contributed by atoms with E-state index in [-0.39, 0.29) is 12.2 Å². The fourth-order valence-corrected chi connectivity index (χ4v) is 2.91. The largest absolute Gasteiger partial charge is 0.459 e. The topological polar surface area (TPSA) is 93.5 Å². The monoisotopic (exact) mass is 323 g/mol. The molecule has 1 N–H and O–H groups in total. The quantitative estimate of drug-likeness (QED) is 0.371. The first-order valence-electron chi connectivity index (χ1n) is 8.29. The van der Waals surface area contributed by atoms with Crippen LogP contribution in [0.2, 0.25) is 0 Å². The second-order valence-electron chi connectivity index (χ2n) is 5.83. The van der Waals surface area contributed by atoms with Gasteiger partial charge in [-0.25, -0.2) is 19.8 Å². The van der Waals surface area contributed by atoms with Crippen LogP contribution in [0.25, 0.3) is 0 Å². The second kappa shape index (κ2) is 11.6. The Labute approximate surface area is 136 Å². The van der Waals surface area contributed by atoms with Crippen LogP contribution in [0.5, 0.6) is 0 Å². The molecule has 0 heterocycles. The van der Waals surface area contributed by atoms with Gasteiger partial charge in [0, 0.05) is 12.2 Å². The Kier molecular flexibility index (Phi) is 9.64. The van der Waals surface area contributed by atoms with Gasteiger partial charge in [-0.2, -0.15) is 0 Å². The van der Waals surface area contributed by atoms with E-state index in [1.165, 1.54) is 25.0 Å². The van der Waals surface area contributed by atoms with Gasteiger partial charge in [0.2, 0.25) is 6.08 Å². The van der Waals surface area contributed by atoms with Gasteiger partial charge in [0.25, 0.3) is 0 Å². The maximum atomic E-state index is 11.6. The number of isocyanates is 1. The Morgan fingerprint density at radius 2 is 1.09 bits per heavy atom. The lowest BCUT2D eigenvalue weighted by atomic mass is 9.98. The van der Waals surface area contributed by atoms with E-state index in [4.69, 9.17) is 19.7 Å². The minimum atomic E-state index is -0.433. The van der Waals surface area contributed by atoms with E-state index in [1.807, 2.05) is 0 Å². The normalized spacial score (nSPS) is 19.3. The van der Waals surface area contributed by atoms with Gasteiger partial charge in [0.1, 0.15) is 12.2 Å². The third kappa shape index (κ3) is 8.94. The summed E-state index contributed by atoms with van der Waals surface area (Å²) in [5.74, 6) is -0.866. The van der Waals surface area contributed by atoms with Gasteiger partial charge in [-0.3, -0.25) is 0 Å². The lowest BCUT2D eigenvalue weighted by Crippen LogP contribution is -2.21. The first-order chi connectivity index (χ1) is 11.2. The molecule has 0 aromatic heterocycles. The predicted octanol–water partition coefficient (Wildman–Crippen LogP) is 3.20. The fourth-order valence-electron chi connectivity index (χ4n) is 2.91. The number of hydrogen-bond acceptors (Lipinski definition) is 6. The summed E-state index contributed by atoms with van der Waals surface area (Å²) < 4.78 is 10.6. The molecule has 2 aliphatic rings. The van der Waals surface area contributed by atoms with Crippen molar-refractivity contribution >= 4 is 18.0 Å². The van der Waals surface area contributed by atoms with Crippen molar-refractivity contribution in [1.82, 2.24) is 0 Å². The summed E-state index contributed by atoms with van der Waals surface area (Å²) in [4.78, 5) is 31.5. The summed E-state index contributed by atoms with van der Waals surface area (Å²) in [6, 6.07) is 0. The van der Waals surface area contributed by atoms with Crippen LogP contribution in [0.1, 0.15) is 64.2 Å². The minimum absolute atomic E-state index is 0.0234. The highest BCUT2D eigenvalue weighted by Crippen LogP contribution is 2.21. The van der Waals surface area contributed by atoms with E-state index >= 15 is 0 Å². The van der Waals surface area contributed by atoms with Crippen LogP contribution in [-0.2, 0) is 23.9 Å². The van der Waals surface area contributed by atoms with Crippen LogP contribution in [0.4, 0.5) is 0 Å². The molecule has 0 radical (unpaired) electrons. The lowest BCUT2D eigenvalue weighted by Gasteiger charge is -2.21. The van der Waals surface area contributed by atoms with Crippen molar-refractivity contribution in [2.45, 2.75) is 76.4 Å². The van der Waals surface area contributed by atoms with Crippen molar-refractivity contribution in [1.29, 1.82) is 5.41 Å². The summed E-state index contributed by atoms with van der Waals surface area (Å²) in [6.45, 7) is 0. The van der Waals surface area contributed by atoms with Gasteiger partial charge >= 0.3 is 11.9 Å². The molecule has 2 aliphatic carbocycles. The molecule has 6 nitrogen and oxygen atoms in total. The van der Waals surface area contributed by atoms with Crippen molar-refractivity contribution in [3.63, 3.8) is 0 Å². The molecule has 2 saturated carbocycles. The smallest absolute Gasteiger partial charge is 0.331 e. The number of ether oxygens (including phenoxy) is 2. The molecule has 0 aromatic rings. The fraction of sp³-hybridized carbons (Fsp3) is 0.706. The molecule has 0 aliphatic heterocycles. The van der Waals surface area contributed by atoms with Crippen LogP contribution in [0.3, 0.4) is 0 Å². The van der Waals surface area contributed by atoms with Crippen LogP contribution in [0, 0.1) is 5.41 Å². The van der Waals surface area contributed by atoms with E-state index in [2.05, 4.69) is 0 Å². The second-order valence-corrected chi connectivity index (χ2v) is 5.83. The SMILES string of the molecule is N=C=O.O=C(/C=C\C(=O)OC1CCCCC1)OC1CCCCC1. The molecule has 128 valence electrons. The maximum Gasteiger partial charge on any atom is 0.331 e. The van der Waals surface area contributed by atoms with Gasteiger partial charge in [0.15, 0.2) is 0 Å². The van der Waals surface area contributed by atoms with Crippen molar-refractivity contribution in [3.05, 3.63) is 12.2 Å². The number of carbonyl (C=O) groups excluding carboxylic acids is 3. The summed E-state index contributed by atoms with van der Waals surface area (Å²) in [5.41, 5.74) is 0.